The van der Waals surface area contributed by atoms with Gasteiger partial charge >= 0.3 is 5.97 Å². The molecular formula is C50H86O10SSi2. The number of methoxy groups -OCH3 is 1. The molecule has 4 rings (SSSR count). The number of ether oxygens (including phenoxy) is 5. The number of carbonyl (C=O) groups excluding carboxylic acids is 1. The van der Waals surface area contributed by atoms with Crippen LogP contribution in [0.5, 0.6) is 0 Å². The van der Waals surface area contributed by atoms with E-state index in [1.165, 1.54) is 0 Å². The van der Waals surface area contributed by atoms with Gasteiger partial charge in [-0.25, -0.2) is 8.42 Å². The summed E-state index contributed by atoms with van der Waals surface area (Å²) < 4.78 is 74.5. The minimum Gasteiger partial charge on any atom is -0.465 e. The van der Waals surface area contributed by atoms with Crippen molar-refractivity contribution in [2.75, 3.05) is 26.1 Å². The van der Waals surface area contributed by atoms with Crippen LogP contribution in [0, 0.1) is 17.3 Å². The van der Waals surface area contributed by atoms with Crippen molar-refractivity contribution in [1.29, 1.82) is 0 Å². The highest BCUT2D eigenvalue weighted by Gasteiger charge is 2.50. The number of benzene rings is 1. The summed E-state index contributed by atoms with van der Waals surface area (Å²) in [6.07, 6.45) is 3.78. The first-order valence-corrected chi connectivity index (χ1v) is 31.0. The second kappa shape index (κ2) is 21.5. The number of esters is 1. The lowest BCUT2D eigenvalue weighted by Gasteiger charge is -2.42. The normalized spacial score (nSPS) is 28.4. The van der Waals surface area contributed by atoms with Crippen LogP contribution in [0.2, 0.25) is 36.3 Å². The molecule has 13 heteroatoms. The Kier molecular flexibility index (Phi) is 18.4. The van der Waals surface area contributed by atoms with E-state index in [0.717, 1.165) is 49.7 Å². The summed E-state index contributed by atoms with van der Waals surface area (Å²) in [5.74, 6) is -0.559. The first kappa shape index (κ1) is 53.9. The molecule has 0 radical (unpaired) electrons. The van der Waals surface area contributed by atoms with Crippen molar-refractivity contribution >= 4 is 32.4 Å². The van der Waals surface area contributed by atoms with Crippen LogP contribution in [0.15, 0.2) is 59.5 Å². The Balaban J connectivity index is 1.52. The van der Waals surface area contributed by atoms with Crippen molar-refractivity contribution in [3.63, 3.8) is 0 Å². The maximum absolute atomic E-state index is 14.2. The predicted molar refractivity (Wildman–Crippen MR) is 259 cm³/mol. The molecule has 3 unspecified atom stereocenters. The fraction of sp³-hybridized carbons (Fsp3) is 0.780. The molecule has 1 aromatic rings. The molecular weight excluding hydrogens is 849 g/mol. The van der Waals surface area contributed by atoms with Crippen molar-refractivity contribution in [1.82, 2.24) is 0 Å². The topological polar surface area (TPSA) is 116 Å². The van der Waals surface area contributed by atoms with Crippen molar-refractivity contribution < 1.29 is 45.7 Å². The average molecular weight is 935 g/mol. The Labute approximate surface area is 385 Å². The molecule has 3 aliphatic rings. The molecule has 0 N–H and O–H groups in total. The van der Waals surface area contributed by atoms with Crippen LogP contribution in [0.3, 0.4) is 0 Å². The summed E-state index contributed by atoms with van der Waals surface area (Å²) in [7, 11) is -6.41. The highest BCUT2D eigenvalue weighted by atomic mass is 32.2. The Bertz CT molecular complexity index is 1780. The van der Waals surface area contributed by atoms with E-state index in [9.17, 15) is 13.2 Å². The lowest BCUT2D eigenvalue weighted by Crippen LogP contribution is -2.49. The Morgan fingerprint density at radius 3 is 2.05 bits per heavy atom. The van der Waals surface area contributed by atoms with Crippen molar-refractivity contribution in [2.45, 2.75) is 211 Å². The average Bonchev–Trinajstić information content (AvgIpc) is 3.68. The third-order valence-corrected chi connectivity index (χ3v) is 25.5. The van der Waals surface area contributed by atoms with Gasteiger partial charge in [0.2, 0.25) is 0 Å². The van der Waals surface area contributed by atoms with Crippen LogP contribution in [0.1, 0.15) is 121 Å². The molecule has 3 aliphatic heterocycles. The van der Waals surface area contributed by atoms with Gasteiger partial charge in [0.15, 0.2) is 26.5 Å². The van der Waals surface area contributed by atoms with E-state index < -0.39 is 56.1 Å². The molecule has 0 aliphatic carbocycles. The zero-order chi connectivity index (χ0) is 47.3. The zero-order valence-electron chi connectivity index (χ0n) is 41.8. The number of hydrogen-bond donors (Lipinski definition) is 0. The molecule has 0 aromatic heterocycles. The molecule has 3 saturated heterocycles. The van der Waals surface area contributed by atoms with Crippen molar-refractivity contribution in [2.24, 2.45) is 17.3 Å². The van der Waals surface area contributed by atoms with Crippen molar-refractivity contribution in [3.05, 3.63) is 54.6 Å². The standard InChI is InChI=1S/C50H86O10SSi2/c1-34-28-38(25-26-42-35(2)29-37(57-42)22-21-27-55-47(51)48(4,5)6)58-43(36(34)3)31-44-41(33-61(52,53)40-23-19-18-20-24-40)46(54-13)45(59-44)30-39(60-63(16,17)50(10,11)12)32-56-62(14,15)49(7,8)9/h18-20,23-24,34,37-39,41-46H,2-3,21-22,25-33H2,1,4-17H3/t34-,37?,38+,39-,41+,42+,43?,44?,45-,46-/m1/s1. The molecule has 1 aromatic carbocycles. The molecule has 0 amide bonds. The number of hydrogen-bond acceptors (Lipinski definition) is 10. The van der Waals surface area contributed by atoms with Crippen LogP contribution in [0.4, 0.5) is 0 Å². The first-order chi connectivity index (χ1) is 29.0. The summed E-state index contributed by atoms with van der Waals surface area (Å²) in [5, 5.41) is 0.00122. The van der Waals surface area contributed by atoms with Crippen LogP contribution in [0.25, 0.3) is 0 Å². The van der Waals surface area contributed by atoms with Gasteiger partial charge in [0.25, 0.3) is 0 Å². The Morgan fingerprint density at radius 2 is 1.46 bits per heavy atom. The molecule has 3 heterocycles. The molecule has 3 fully saturated rings. The number of rotatable bonds is 20. The maximum Gasteiger partial charge on any atom is 0.311 e. The second-order valence-electron chi connectivity index (χ2n) is 22.9. The fourth-order valence-electron chi connectivity index (χ4n) is 8.45. The van der Waals surface area contributed by atoms with Gasteiger partial charge in [0.05, 0.1) is 78.1 Å². The highest BCUT2D eigenvalue weighted by Crippen LogP contribution is 2.44. The summed E-state index contributed by atoms with van der Waals surface area (Å²) in [4.78, 5) is 12.5. The third-order valence-electron chi connectivity index (χ3n) is 14.6. The van der Waals surface area contributed by atoms with E-state index >= 15 is 0 Å². The smallest absolute Gasteiger partial charge is 0.311 e. The van der Waals surface area contributed by atoms with Crippen molar-refractivity contribution in [3.8, 4) is 0 Å². The monoisotopic (exact) mass is 935 g/mol. The van der Waals surface area contributed by atoms with Gasteiger partial charge in [-0.3, -0.25) is 4.79 Å². The van der Waals surface area contributed by atoms with Gasteiger partial charge < -0.3 is 32.5 Å². The van der Waals surface area contributed by atoms with E-state index in [1.807, 2.05) is 26.8 Å². The third kappa shape index (κ3) is 14.7. The molecule has 0 saturated carbocycles. The maximum atomic E-state index is 14.2. The number of carbonyl (C=O) groups is 1. The lowest BCUT2D eigenvalue weighted by molar-refractivity contribution is -0.153. The summed E-state index contributed by atoms with van der Waals surface area (Å²) >= 11 is 0. The Morgan fingerprint density at radius 1 is 0.841 bits per heavy atom. The van der Waals surface area contributed by atoms with Gasteiger partial charge in [-0.2, -0.15) is 0 Å². The molecule has 0 spiro atoms. The second-order valence-corrected chi connectivity index (χ2v) is 34.5. The van der Waals surface area contributed by atoms with Gasteiger partial charge in [-0.1, -0.05) is 79.8 Å². The van der Waals surface area contributed by atoms with Crippen LogP contribution < -0.4 is 0 Å². The predicted octanol–water partition coefficient (Wildman–Crippen LogP) is 11.3. The molecule has 10 atom stereocenters. The van der Waals surface area contributed by atoms with E-state index in [0.29, 0.717) is 26.1 Å². The zero-order valence-corrected chi connectivity index (χ0v) is 44.7. The van der Waals surface area contributed by atoms with E-state index in [1.54, 1.807) is 31.4 Å². The van der Waals surface area contributed by atoms with E-state index in [-0.39, 0.29) is 63.1 Å². The SMILES string of the molecule is C=C1C(CC2O[C@H](C[C@H](CO[Si](C)(C)C(C)(C)C)O[Si](C)(C)C(C)(C)C)[C@H](OC)[C@H]2CS(=O)(=O)c2ccccc2)O[C@@H](CC[C@@H]2OC(CCCOC(=O)C(C)(C)C)CC2=C)C[C@H]1C. The van der Waals surface area contributed by atoms with Gasteiger partial charge in [0, 0.05) is 25.9 Å². The van der Waals surface area contributed by atoms with Gasteiger partial charge in [-0.15, -0.1) is 0 Å². The minimum atomic E-state index is -3.70. The van der Waals surface area contributed by atoms with Crippen LogP contribution >= 0.6 is 0 Å². The minimum absolute atomic E-state index is 0.0249. The largest absolute Gasteiger partial charge is 0.465 e. The Hall–Kier alpha value is -1.69. The van der Waals surface area contributed by atoms with E-state index in [2.05, 4.69) is 87.8 Å². The molecule has 360 valence electrons. The lowest BCUT2D eigenvalue weighted by atomic mass is 9.83. The van der Waals surface area contributed by atoms with Crippen LogP contribution in [-0.2, 0) is 47.2 Å². The van der Waals surface area contributed by atoms with Gasteiger partial charge in [-0.05, 0) is 125 Å². The van der Waals surface area contributed by atoms with Crippen LogP contribution in [-0.4, -0.2) is 106 Å². The summed E-state index contributed by atoms with van der Waals surface area (Å²) in [6, 6.07) is 8.68. The summed E-state index contributed by atoms with van der Waals surface area (Å²) in [6.45, 7) is 40.0. The highest BCUT2D eigenvalue weighted by molar-refractivity contribution is 7.91. The first-order valence-electron chi connectivity index (χ1n) is 23.6. The molecule has 10 nitrogen and oxygen atoms in total. The molecule has 63 heavy (non-hydrogen) atoms. The fourth-order valence-corrected chi connectivity index (χ4v) is 12.5. The van der Waals surface area contributed by atoms with E-state index in [4.69, 9.17) is 32.5 Å². The molecule has 0 bridgehead atoms. The van der Waals surface area contributed by atoms with Gasteiger partial charge in [0.1, 0.15) is 0 Å². The quantitative estimate of drug-likeness (QED) is 0.0541. The number of sulfone groups is 1. The summed E-state index contributed by atoms with van der Waals surface area (Å²) in [5.41, 5.74) is 1.59.